The molecule has 0 bridgehead atoms. The molecule has 0 aromatic heterocycles. The van der Waals surface area contributed by atoms with E-state index in [1.165, 1.54) is 7.11 Å². The van der Waals surface area contributed by atoms with Crippen LogP contribution in [-0.4, -0.2) is 24.2 Å². The highest BCUT2D eigenvalue weighted by Gasteiger charge is 2.48. The van der Waals surface area contributed by atoms with Gasteiger partial charge in [-0.15, -0.1) is 0 Å². The average Bonchev–Trinajstić information content (AvgIpc) is 3.07. The highest BCUT2D eigenvalue weighted by molar-refractivity contribution is 5.97. The van der Waals surface area contributed by atoms with Crippen LogP contribution < -0.4 is 5.73 Å². The van der Waals surface area contributed by atoms with Crippen molar-refractivity contribution in [1.29, 1.82) is 0 Å². The Balaban J connectivity index is 2.48. The molecule has 3 N–H and O–H groups in total. The third-order valence-electron chi connectivity index (χ3n) is 3.40. The first-order chi connectivity index (χ1) is 8.50. The number of nitrogens with two attached hydrogens (primary N) is 1. The lowest BCUT2D eigenvalue weighted by Gasteiger charge is -2.18. The van der Waals surface area contributed by atoms with Gasteiger partial charge in [0.05, 0.1) is 19.1 Å². The van der Waals surface area contributed by atoms with E-state index in [0.29, 0.717) is 16.8 Å². The molecule has 5 heteroatoms. The Morgan fingerprint density at radius 3 is 2.61 bits per heavy atom. The maximum Gasteiger partial charge on any atom is 0.340 e. The van der Waals surface area contributed by atoms with Gasteiger partial charge in [0.2, 0.25) is 0 Å². The summed E-state index contributed by atoms with van der Waals surface area (Å²) in [5, 5.41) is 8.96. The SMILES string of the molecule is COC(=O)c1c(N)cccc1C1(CC(=O)O)CC1. The first-order valence-electron chi connectivity index (χ1n) is 5.69. The number of carboxylic acid groups (broad SMARTS) is 1. The molecule has 1 aliphatic rings. The zero-order chi connectivity index (χ0) is 13.3. The molecule has 0 aliphatic heterocycles. The van der Waals surface area contributed by atoms with Gasteiger partial charge in [-0.25, -0.2) is 4.79 Å². The van der Waals surface area contributed by atoms with Crippen molar-refractivity contribution in [3.63, 3.8) is 0 Å². The topological polar surface area (TPSA) is 89.6 Å². The second-order valence-corrected chi connectivity index (χ2v) is 4.61. The van der Waals surface area contributed by atoms with Gasteiger partial charge in [-0.1, -0.05) is 12.1 Å². The van der Waals surface area contributed by atoms with Crippen molar-refractivity contribution < 1.29 is 19.4 Å². The predicted octanol–water partition coefficient (Wildman–Crippen LogP) is 1.56. The summed E-state index contributed by atoms with van der Waals surface area (Å²) in [5.41, 5.74) is 6.68. The standard InChI is InChI=1S/C13H15NO4/c1-18-12(17)11-8(3-2-4-9(11)14)13(5-6-13)7-10(15)16/h2-4H,5-7,14H2,1H3,(H,15,16). The summed E-state index contributed by atoms with van der Waals surface area (Å²) < 4.78 is 4.72. The zero-order valence-electron chi connectivity index (χ0n) is 10.1. The predicted molar refractivity (Wildman–Crippen MR) is 65.4 cm³/mol. The minimum Gasteiger partial charge on any atom is -0.481 e. The monoisotopic (exact) mass is 249 g/mol. The van der Waals surface area contributed by atoms with E-state index in [0.717, 1.165) is 12.8 Å². The molecule has 2 rings (SSSR count). The van der Waals surface area contributed by atoms with Crippen LogP contribution in [0.2, 0.25) is 0 Å². The number of nitrogen functional groups attached to an aromatic ring is 1. The van der Waals surface area contributed by atoms with Gasteiger partial charge < -0.3 is 15.6 Å². The van der Waals surface area contributed by atoms with Crippen molar-refractivity contribution in [1.82, 2.24) is 0 Å². The van der Waals surface area contributed by atoms with E-state index in [9.17, 15) is 9.59 Å². The van der Waals surface area contributed by atoms with Gasteiger partial charge in [-0.3, -0.25) is 4.79 Å². The fourth-order valence-corrected chi connectivity index (χ4v) is 2.32. The van der Waals surface area contributed by atoms with E-state index in [1.807, 2.05) is 0 Å². The summed E-state index contributed by atoms with van der Waals surface area (Å²) in [6.45, 7) is 0. The van der Waals surface area contributed by atoms with Crippen LogP contribution >= 0.6 is 0 Å². The van der Waals surface area contributed by atoms with Crippen LogP contribution in [0, 0.1) is 0 Å². The second-order valence-electron chi connectivity index (χ2n) is 4.61. The second kappa shape index (κ2) is 4.33. The molecule has 1 fully saturated rings. The summed E-state index contributed by atoms with van der Waals surface area (Å²) in [6, 6.07) is 5.12. The molecule has 0 saturated heterocycles. The number of hydrogen-bond acceptors (Lipinski definition) is 4. The number of ether oxygens (including phenoxy) is 1. The summed E-state index contributed by atoms with van der Waals surface area (Å²) in [7, 11) is 1.29. The van der Waals surface area contributed by atoms with Gasteiger partial charge in [0.25, 0.3) is 0 Å². The Morgan fingerprint density at radius 1 is 1.44 bits per heavy atom. The summed E-state index contributed by atoms with van der Waals surface area (Å²) >= 11 is 0. The number of carboxylic acids is 1. The molecule has 96 valence electrons. The van der Waals surface area contributed by atoms with Crippen LogP contribution in [0.25, 0.3) is 0 Å². The first-order valence-corrected chi connectivity index (χ1v) is 5.69. The van der Waals surface area contributed by atoms with Gasteiger partial charge >= 0.3 is 11.9 Å². The maximum atomic E-state index is 11.8. The summed E-state index contributed by atoms with van der Waals surface area (Å²) in [5.74, 6) is -1.38. The third-order valence-corrected chi connectivity index (χ3v) is 3.40. The number of benzene rings is 1. The molecule has 0 unspecified atom stereocenters. The van der Waals surface area contributed by atoms with Crippen LogP contribution in [0.1, 0.15) is 35.2 Å². The van der Waals surface area contributed by atoms with Crippen LogP contribution in [0.5, 0.6) is 0 Å². The van der Waals surface area contributed by atoms with Crippen molar-refractivity contribution in [2.24, 2.45) is 0 Å². The van der Waals surface area contributed by atoms with Crippen molar-refractivity contribution in [3.05, 3.63) is 29.3 Å². The molecule has 0 radical (unpaired) electrons. The fourth-order valence-electron chi connectivity index (χ4n) is 2.32. The lowest BCUT2D eigenvalue weighted by molar-refractivity contribution is -0.137. The molecule has 0 heterocycles. The average molecular weight is 249 g/mol. The molecule has 1 aromatic rings. The fraction of sp³-hybridized carbons (Fsp3) is 0.385. The Labute approximate surface area is 105 Å². The summed E-state index contributed by atoms with van der Waals surface area (Å²) in [4.78, 5) is 22.7. The lowest BCUT2D eigenvalue weighted by atomic mass is 9.87. The van der Waals surface area contributed by atoms with Gasteiger partial charge in [-0.2, -0.15) is 0 Å². The molecular formula is C13H15NO4. The third kappa shape index (κ3) is 2.03. The van der Waals surface area contributed by atoms with E-state index in [1.54, 1.807) is 18.2 Å². The highest BCUT2D eigenvalue weighted by Crippen LogP contribution is 2.52. The van der Waals surface area contributed by atoms with Crippen LogP contribution in [-0.2, 0) is 14.9 Å². The zero-order valence-corrected chi connectivity index (χ0v) is 10.1. The highest BCUT2D eigenvalue weighted by atomic mass is 16.5. The molecule has 5 nitrogen and oxygen atoms in total. The van der Waals surface area contributed by atoms with Crippen molar-refractivity contribution in [2.75, 3.05) is 12.8 Å². The lowest BCUT2D eigenvalue weighted by Crippen LogP contribution is -2.19. The maximum absolute atomic E-state index is 11.8. The number of carbonyl (C=O) groups excluding carboxylic acids is 1. The minimum absolute atomic E-state index is 0.0143. The number of anilines is 1. The van der Waals surface area contributed by atoms with Crippen molar-refractivity contribution in [3.8, 4) is 0 Å². The summed E-state index contributed by atoms with van der Waals surface area (Å²) in [6.07, 6.45) is 1.53. The first kappa shape index (κ1) is 12.4. The molecule has 0 atom stereocenters. The molecule has 18 heavy (non-hydrogen) atoms. The quantitative estimate of drug-likeness (QED) is 0.624. The molecule has 1 saturated carbocycles. The van der Waals surface area contributed by atoms with Gasteiger partial charge in [0.15, 0.2) is 0 Å². The molecule has 0 amide bonds. The number of esters is 1. The molecular weight excluding hydrogens is 234 g/mol. The molecule has 1 aromatic carbocycles. The van der Waals surface area contributed by atoms with Crippen LogP contribution in [0.4, 0.5) is 5.69 Å². The largest absolute Gasteiger partial charge is 0.481 e. The molecule has 1 aliphatic carbocycles. The number of carbonyl (C=O) groups is 2. The number of methoxy groups -OCH3 is 1. The number of rotatable bonds is 4. The Bertz CT molecular complexity index is 506. The van der Waals surface area contributed by atoms with Crippen LogP contribution in [0.3, 0.4) is 0 Å². The normalized spacial score (nSPS) is 16.1. The Kier molecular flexibility index (Phi) is 2.98. The number of aliphatic carboxylic acids is 1. The van der Waals surface area contributed by atoms with Gasteiger partial charge in [0.1, 0.15) is 0 Å². The minimum atomic E-state index is -0.870. The van der Waals surface area contributed by atoms with E-state index < -0.39 is 17.4 Å². The van der Waals surface area contributed by atoms with Crippen molar-refractivity contribution in [2.45, 2.75) is 24.7 Å². The van der Waals surface area contributed by atoms with E-state index in [2.05, 4.69) is 0 Å². The van der Waals surface area contributed by atoms with Gasteiger partial charge in [-0.05, 0) is 24.5 Å². The van der Waals surface area contributed by atoms with E-state index >= 15 is 0 Å². The molecule has 0 spiro atoms. The van der Waals surface area contributed by atoms with Gasteiger partial charge in [0, 0.05) is 11.1 Å². The van der Waals surface area contributed by atoms with E-state index in [-0.39, 0.29) is 6.42 Å². The Morgan fingerprint density at radius 2 is 2.11 bits per heavy atom. The van der Waals surface area contributed by atoms with E-state index in [4.69, 9.17) is 15.6 Å². The number of hydrogen-bond donors (Lipinski definition) is 2. The smallest absolute Gasteiger partial charge is 0.340 e. The van der Waals surface area contributed by atoms with Crippen molar-refractivity contribution >= 4 is 17.6 Å². The Hall–Kier alpha value is -2.04. The van der Waals surface area contributed by atoms with Crippen LogP contribution in [0.15, 0.2) is 18.2 Å².